The van der Waals surface area contributed by atoms with Crippen LogP contribution in [-0.2, 0) is 11.0 Å². The Labute approximate surface area is 175 Å². The fourth-order valence-electron chi connectivity index (χ4n) is 3.17. The van der Waals surface area contributed by atoms with E-state index >= 15 is 0 Å². The zero-order valence-electron chi connectivity index (χ0n) is 15.7. The molecule has 1 amide bonds. The molecular formula is C19H19Cl2F3N4O. The third-order valence-corrected chi connectivity index (χ3v) is 5.32. The van der Waals surface area contributed by atoms with Crippen LogP contribution in [-0.4, -0.2) is 22.2 Å². The van der Waals surface area contributed by atoms with Crippen LogP contribution in [0.2, 0.25) is 10.0 Å². The number of carbonyl (C=O) groups excluding carboxylic acids is 1. The Bertz CT molecular complexity index is 969. The molecule has 1 aromatic heterocycles. The molecular weight excluding hydrogens is 428 g/mol. The Balaban J connectivity index is 2.12. The van der Waals surface area contributed by atoms with Gasteiger partial charge in [0.25, 0.3) is 5.91 Å². The fourth-order valence-corrected chi connectivity index (χ4v) is 3.48. The Morgan fingerprint density at radius 3 is 2.62 bits per heavy atom. The maximum absolute atomic E-state index is 13.2. The largest absolute Gasteiger partial charge is 0.435 e. The van der Waals surface area contributed by atoms with E-state index in [2.05, 4.69) is 15.7 Å². The SMILES string of the molecule is CCCCNC(=O)C1=C(C)Nc2cc(C(F)(F)F)nn2C1c1ccc(Cl)c(Cl)c1. The number of aromatic nitrogens is 2. The topological polar surface area (TPSA) is 59.0 Å². The number of rotatable bonds is 5. The first kappa shape index (κ1) is 21.5. The number of halogens is 5. The number of benzene rings is 1. The number of hydrogen-bond acceptors (Lipinski definition) is 3. The highest BCUT2D eigenvalue weighted by Gasteiger charge is 2.39. The lowest BCUT2D eigenvalue weighted by Gasteiger charge is -2.30. The van der Waals surface area contributed by atoms with Gasteiger partial charge in [0.2, 0.25) is 0 Å². The van der Waals surface area contributed by atoms with Crippen LogP contribution in [0.3, 0.4) is 0 Å². The highest BCUT2D eigenvalue weighted by molar-refractivity contribution is 6.42. The quantitative estimate of drug-likeness (QED) is 0.603. The van der Waals surface area contributed by atoms with Gasteiger partial charge < -0.3 is 10.6 Å². The Hall–Kier alpha value is -2.19. The molecule has 1 aliphatic heterocycles. The zero-order chi connectivity index (χ0) is 21.3. The molecule has 1 aromatic carbocycles. The number of hydrogen-bond donors (Lipinski definition) is 2. The van der Waals surface area contributed by atoms with Crippen molar-refractivity contribution in [3.8, 4) is 0 Å². The van der Waals surface area contributed by atoms with Gasteiger partial charge in [-0.25, -0.2) is 4.68 Å². The Morgan fingerprint density at radius 2 is 2.00 bits per heavy atom. The summed E-state index contributed by atoms with van der Waals surface area (Å²) in [6.07, 6.45) is -2.94. The van der Waals surface area contributed by atoms with Crippen LogP contribution in [0.15, 0.2) is 35.5 Å². The summed E-state index contributed by atoms with van der Waals surface area (Å²) < 4.78 is 40.9. The molecule has 1 aliphatic rings. The van der Waals surface area contributed by atoms with Gasteiger partial charge in [-0.1, -0.05) is 42.6 Å². The summed E-state index contributed by atoms with van der Waals surface area (Å²) in [5.41, 5.74) is 0.157. The lowest BCUT2D eigenvalue weighted by molar-refractivity contribution is -0.141. The summed E-state index contributed by atoms with van der Waals surface area (Å²) in [5.74, 6) is -0.245. The molecule has 29 heavy (non-hydrogen) atoms. The molecule has 1 unspecified atom stereocenters. The minimum absolute atomic E-state index is 0.135. The molecule has 2 N–H and O–H groups in total. The van der Waals surface area contributed by atoms with Crippen molar-refractivity contribution in [1.29, 1.82) is 0 Å². The molecule has 0 fully saturated rings. The minimum Gasteiger partial charge on any atom is -0.352 e. The summed E-state index contributed by atoms with van der Waals surface area (Å²) in [6.45, 7) is 4.09. The van der Waals surface area contributed by atoms with Gasteiger partial charge in [-0.05, 0) is 31.0 Å². The number of amides is 1. The van der Waals surface area contributed by atoms with Crippen LogP contribution in [0, 0.1) is 0 Å². The van der Waals surface area contributed by atoms with E-state index in [0.717, 1.165) is 23.6 Å². The standard InChI is InChI=1S/C19H19Cl2F3N4O/c1-3-4-7-25-18(29)16-10(2)26-15-9-14(19(22,23)24)27-28(15)17(16)11-5-6-12(20)13(21)8-11/h5-6,8-9,17,26H,3-4,7H2,1-2H3,(H,25,29). The van der Waals surface area contributed by atoms with E-state index in [1.165, 1.54) is 12.1 Å². The monoisotopic (exact) mass is 446 g/mol. The molecule has 2 aromatic rings. The van der Waals surface area contributed by atoms with E-state index in [1.54, 1.807) is 13.0 Å². The van der Waals surface area contributed by atoms with Gasteiger partial charge in [0.1, 0.15) is 11.9 Å². The highest BCUT2D eigenvalue weighted by atomic mass is 35.5. The summed E-state index contributed by atoms with van der Waals surface area (Å²) in [7, 11) is 0. The van der Waals surface area contributed by atoms with Crippen molar-refractivity contribution in [3.63, 3.8) is 0 Å². The number of nitrogens with one attached hydrogen (secondary N) is 2. The summed E-state index contributed by atoms with van der Waals surface area (Å²) in [6, 6.07) is 4.72. The van der Waals surface area contributed by atoms with E-state index in [1.807, 2.05) is 6.92 Å². The first-order valence-electron chi connectivity index (χ1n) is 9.01. The van der Waals surface area contributed by atoms with E-state index < -0.39 is 17.9 Å². The normalized spacial score (nSPS) is 16.4. The number of alkyl halides is 3. The average Bonchev–Trinajstić information content (AvgIpc) is 3.07. The molecule has 10 heteroatoms. The Morgan fingerprint density at radius 1 is 1.28 bits per heavy atom. The van der Waals surface area contributed by atoms with Crippen molar-refractivity contribution < 1.29 is 18.0 Å². The maximum Gasteiger partial charge on any atom is 0.435 e. The van der Waals surface area contributed by atoms with Crippen molar-refractivity contribution in [2.45, 2.75) is 38.9 Å². The average molecular weight is 447 g/mol. The van der Waals surface area contributed by atoms with Crippen molar-refractivity contribution in [2.75, 3.05) is 11.9 Å². The highest BCUT2D eigenvalue weighted by Crippen LogP contribution is 2.40. The number of unbranched alkanes of at least 4 members (excludes halogenated alkanes) is 1. The lowest BCUT2D eigenvalue weighted by atomic mass is 9.95. The molecule has 0 saturated heterocycles. The second-order valence-corrected chi connectivity index (χ2v) is 7.52. The van der Waals surface area contributed by atoms with Gasteiger partial charge in [0, 0.05) is 18.3 Å². The molecule has 156 valence electrons. The molecule has 0 bridgehead atoms. The van der Waals surface area contributed by atoms with Crippen LogP contribution in [0.4, 0.5) is 19.0 Å². The molecule has 2 heterocycles. The number of fused-ring (bicyclic) bond motifs is 1. The number of carbonyl (C=O) groups is 1. The molecule has 0 aliphatic carbocycles. The summed E-state index contributed by atoms with van der Waals surface area (Å²) in [4.78, 5) is 12.9. The third kappa shape index (κ3) is 4.38. The molecule has 0 radical (unpaired) electrons. The van der Waals surface area contributed by atoms with Gasteiger partial charge in [-0.3, -0.25) is 4.79 Å². The lowest BCUT2D eigenvalue weighted by Crippen LogP contribution is -2.35. The Kier molecular flexibility index (Phi) is 6.14. The van der Waals surface area contributed by atoms with Crippen molar-refractivity contribution in [2.24, 2.45) is 0 Å². The van der Waals surface area contributed by atoms with Crippen LogP contribution in [0.5, 0.6) is 0 Å². The van der Waals surface area contributed by atoms with E-state index in [-0.39, 0.29) is 22.3 Å². The summed E-state index contributed by atoms with van der Waals surface area (Å²) in [5, 5.41) is 9.95. The van der Waals surface area contributed by atoms with E-state index in [4.69, 9.17) is 23.2 Å². The molecule has 3 rings (SSSR count). The number of nitrogens with zero attached hydrogens (tertiary/aromatic N) is 2. The molecule has 1 atom stereocenters. The molecule has 0 saturated carbocycles. The summed E-state index contributed by atoms with van der Waals surface area (Å²) >= 11 is 12.1. The van der Waals surface area contributed by atoms with Crippen LogP contribution < -0.4 is 10.6 Å². The second-order valence-electron chi connectivity index (χ2n) is 6.71. The van der Waals surface area contributed by atoms with Gasteiger partial charge in [0.05, 0.1) is 15.6 Å². The van der Waals surface area contributed by atoms with Gasteiger partial charge in [-0.2, -0.15) is 18.3 Å². The van der Waals surface area contributed by atoms with Crippen molar-refractivity contribution >= 4 is 34.9 Å². The number of anilines is 1. The smallest absolute Gasteiger partial charge is 0.352 e. The van der Waals surface area contributed by atoms with Crippen LogP contribution >= 0.6 is 23.2 Å². The predicted octanol–water partition coefficient (Wildman–Crippen LogP) is 5.41. The molecule has 5 nitrogen and oxygen atoms in total. The first-order valence-corrected chi connectivity index (χ1v) is 9.76. The minimum atomic E-state index is -4.62. The van der Waals surface area contributed by atoms with Crippen LogP contribution in [0.1, 0.15) is 44.0 Å². The van der Waals surface area contributed by atoms with Crippen molar-refractivity contribution in [1.82, 2.24) is 15.1 Å². The van der Waals surface area contributed by atoms with E-state index in [9.17, 15) is 18.0 Å². The van der Waals surface area contributed by atoms with Crippen LogP contribution in [0.25, 0.3) is 0 Å². The zero-order valence-corrected chi connectivity index (χ0v) is 17.2. The van der Waals surface area contributed by atoms with Gasteiger partial charge >= 0.3 is 6.18 Å². The van der Waals surface area contributed by atoms with Crippen molar-refractivity contribution in [3.05, 3.63) is 56.8 Å². The van der Waals surface area contributed by atoms with E-state index in [0.29, 0.717) is 22.8 Å². The predicted molar refractivity (Wildman–Crippen MR) is 106 cm³/mol. The maximum atomic E-state index is 13.2. The molecule has 0 spiro atoms. The fraction of sp³-hybridized carbons (Fsp3) is 0.368. The third-order valence-electron chi connectivity index (χ3n) is 4.58. The van der Waals surface area contributed by atoms with Gasteiger partial charge in [0.15, 0.2) is 5.69 Å². The first-order chi connectivity index (χ1) is 13.6. The second kappa shape index (κ2) is 8.28. The number of allylic oxidation sites excluding steroid dienone is 1. The van der Waals surface area contributed by atoms with Gasteiger partial charge in [-0.15, -0.1) is 0 Å².